The number of carbonyl (C=O) groups excluding carboxylic acids is 1. The summed E-state index contributed by atoms with van der Waals surface area (Å²) in [5.41, 5.74) is 3.11. The number of nitrogens with one attached hydrogen (secondary N) is 2. The summed E-state index contributed by atoms with van der Waals surface area (Å²) in [5, 5.41) is 10.7. The summed E-state index contributed by atoms with van der Waals surface area (Å²) in [6.45, 7) is 2.48. The topological polar surface area (TPSA) is 88.7 Å². The predicted molar refractivity (Wildman–Crippen MR) is 121 cm³/mol. The number of likely N-dealkylation sites (tertiary alicyclic amines) is 1. The molecule has 5 rings (SSSR count). The number of nitrogens with zero attached hydrogens (tertiary/aromatic N) is 2. The van der Waals surface area contributed by atoms with Gasteiger partial charge in [-0.3, -0.25) is 9.89 Å². The van der Waals surface area contributed by atoms with Crippen LogP contribution in [0.5, 0.6) is 17.2 Å². The van der Waals surface area contributed by atoms with Crippen LogP contribution in [0.15, 0.2) is 48.7 Å². The Labute approximate surface area is 186 Å². The monoisotopic (exact) mass is 434 g/mol. The number of carbonyl (C=O) groups is 1. The third-order valence-electron chi connectivity index (χ3n) is 5.85. The number of anilines is 1. The predicted octanol–water partition coefficient (Wildman–Crippen LogP) is 3.57. The molecule has 1 unspecified atom stereocenters. The van der Waals surface area contributed by atoms with Crippen LogP contribution in [-0.2, 0) is 0 Å². The zero-order chi connectivity index (χ0) is 21.9. The number of amides is 1. The lowest BCUT2D eigenvalue weighted by atomic mass is 10.0. The van der Waals surface area contributed by atoms with Crippen molar-refractivity contribution < 1.29 is 19.0 Å². The Morgan fingerprint density at radius 2 is 2.06 bits per heavy atom. The van der Waals surface area contributed by atoms with Gasteiger partial charge in [0.05, 0.1) is 24.6 Å². The zero-order valence-electron chi connectivity index (χ0n) is 18.0. The van der Waals surface area contributed by atoms with Gasteiger partial charge in [0.15, 0.2) is 11.5 Å². The van der Waals surface area contributed by atoms with Crippen molar-refractivity contribution in [2.24, 2.45) is 0 Å². The minimum Gasteiger partial charge on any atom is -0.497 e. The Morgan fingerprint density at radius 1 is 1.19 bits per heavy atom. The van der Waals surface area contributed by atoms with Crippen LogP contribution in [0.4, 0.5) is 5.69 Å². The van der Waals surface area contributed by atoms with Crippen LogP contribution in [0.3, 0.4) is 0 Å². The highest BCUT2D eigenvalue weighted by Gasteiger charge is 2.27. The first-order valence-corrected chi connectivity index (χ1v) is 10.8. The highest BCUT2D eigenvalue weighted by molar-refractivity contribution is 6.00. The third-order valence-corrected chi connectivity index (χ3v) is 5.85. The van der Waals surface area contributed by atoms with Gasteiger partial charge < -0.3 is 24.4 Å². The number of piperidine rings is 1. The van der Waals surface area contributed by atoms with Crippen LogP contribution in [0.25, 0.3) is 11.3 Å². The number of hydrogen-bond acceptors (Lipinski definition) is 6. The van der Waals surface area contributed by atoms with Crippen molar-refractivity contribution in [3.8, 4) is 28.5 Å². The molecule has 1 saturated heterocycles. The number of aromatic nitrogens is 2. The van der Waals surface area contributed by atoms with Crippen molar-refractivity contribution in [2.45, 2.75) is 18.9 Å². The van der Waals surface area contributed by atoms with Gasteiger partial charge in [0.1, 0.15) is 19.0 Å². The molecule has 3 aromatic rings. The van der Waals surface area contributed by atoms with Gasteiger partial charge in [-0.25, -0.2) is 0 Å². The summed E-state index contributed by atoms with van der Waals surface area (Å²) in [7, 11) is 1.63. The summed E-state index contributed by atoms with van der Waals surface area (Å²) in [5.74, 6) is 2.24. The number of rotatable bonds is 5. The van der Waals surface area contributed by atoms with Gasteiger partial charge >= 0.3 is 0 Å². The third kappa shape index (κ3) is 4.08. The summed E-state index contributed by atoms with van der Waals surface area (Å²) >= 11 is 0. The number of benzene rings is 2. The van der Waals surface area contributed by atoms with Crippen LogP contribution < -0.4 is 19.5 Å². The van der Waals surface area contributed by atoms with E-state index < -0.39 is 0 Å². The van der Waals surface area contributed by atoms with Crippen LogP contribution in [0.1, 0.15) is 23.2 Å². The molecular weight excluding hydrogens is 408 g/mol. The van der Waals surface area contributed by atoms with E-state index in [2.05, 4.69) is 15.5 Å². The average Bonchev–Trinajstić information content (AvgIpc) is 3.34. The first-order chi connectivity index (χ1) is 15.7. The molecular formula is C24H26N4O4. The summed E-state index contributed by atoms with van der Waals surface area (Å²) < 4.78 is 16.6. The minimum absolute atomic E-state index is 0.0229. The minimum atomic E-state index is -0.0229. The van der Waals surface area contributed by atoms with E-state index in [0.29, 0.717) is 31.0 Å². The molecule has 2 aromatic carbocycles. The molecule has 1 aromatic heterocycles. The van der Waals surface area contributed by atoms with Gasteiger partial charge in [-0.1, -0.05) is 12.1 Å². The zero-order valence-corrected chi connectivity index (χ0v) is 18.0. The second-order valence-corrected chi connectivity index (χ2v) is 7.98. The van der Waals surface area contributed by atoms with E-state index >= 15 is 0 Å². The maximum Gasteiger partial charge on any atom is 0.257 e. The number of methoxy groups -OCH3 is 1. The van der Waals surface area contributed by atoms with Crippen LogP contribution in [0.2, 0.25) is 0 Å². The second-order valence-electron chi connectivity index (χ2n) is 7.98. The quantitative estimate of drug-likeness (QED) is 0.638. The van der Waals surface area contributed by atoms with Crippen molar-refractivity contribution >= 4 is 11.6 Å². The molecule has 0 bridgehead atoms. The molecule has 1 fully saturated rings. The molecule has 1 amide bonds. The number of aromatic amines is 1. The van der Waals surface area contributed by atoms with E-state index in [9.17, 15) is 4.79 Å². The number of fused-ring (bicyclic) bond motifs is 1. The first-order valence-electron chi connectivity index (χ1n) is 10.8. The number of hydrogen-bond donors (Lipinski definition) is 2. The fourth-order valence-electron chi connectivity index (χ4n) is 4.27. The lowest BCUT2D eigenvalue weighted by Gasteiger charge is -2.34. The summed E-state index contributed by atoms with van der Waals surface area (Å²) in [6.07, 6.45) is 3.53. The molecule has 0 saturated carbocycles. The van der Waals surface area contributed by atoms with Gasteiger partial charge in [-0.2, -0.15) is 5.10 Å². The SMILES string of the molecule is COc1cccc(-c2[nH]ncc2C(=O)N2CCCC(Nc3ccc4c(c3)OCCO4)C2)c1. The number of H-pyrrole nitrogens is 1. The molecule has 0 aliphatic carbocycles. The molecule has 2 aliphatic rings. The van der Waals surface area contributed by atoms with Crippen molar-refractivity contribution in [1.82, 2.24) is 15.1 Å². The van der Waals surface area contributed by atoms with Crippen molar-refractivity contribution in [2.75, 3.05) is 38.7 Å². The fraction of sp³-hybridized carbons (Fsp3) is 0.333. The van der Waals surface area contributed by atoms with Crippen molar-refractivity contribution in [1.29, 1.82) is 0 Å². The van der Waals surface area contributed by atoms with Crippen LogP contribution >= 0.6 is 0 Å². The standard InChI is InChI=1S/C24H26N4O4/c1-30-19-6-2-4-16(12-19)23-20(14-25-27-23)24(29)28-9-3-5-18(15-28)26-17-7-8-21-22(13-17)32-11-10-31-21/h2,4,6-8,12-14,18,26H,3,5,9-11,15H2,1H3,(H,25,27). The van der Waals surface area contributed by atoms with E-state index in [-0.39, 0.29) is 11.9 Å². The van der Waals surface area contributed by atoms with Gasteiger partial charge in [0.25, 0.3) is 5.91 Å². The average molecular weight is 434 g/mol. The molecule has 0 spiro atoms. The van der Waals surface area contributed by atoms with Crippen molar-refractivity contribution in [3.63, 3.8) is 0 Å². The molecule has 8 nitrogen and oxygen atoms in total. The summed E-state index contributed by atoms with van der Waals surface area (Å²) in [6, 6.07) is 13.6. The van der Waals surface area contributed by atoms with Crippen LogP contribution in [-0.4, -0.2) is 60.5 Å². The molecule has 166 valence electrons. The Morgan fingerprint density at radius 3 is 2.94 bits per heavy atom. The molecule has 8 heteroatoms. The maximum absolute atomic E-state index is 13.4. The van der Waals surface area contributed by atoms with Gasteiger partial charge in [-0.15, -0.1) is 0 Å². The van der Waals surface area contributed by atoms with E-state index in [4.69, 9.17) is 14.2 Å². The van der Waals surface area contributed by atoms with Crippen LogP contribution in [0, 0.1) is 0 Å². The Hall–Kier alpha value is -3.68. The molecule has 32 heavy (non-hydrogen) atoms. The first kappa shape index (κ1) is 20.2. The Kier molecular flexibility index (Phi) is 5.58. The van der Waals surface area contributed by atoms with Gasteiger partial charge in [0.2, 0.25) is 0 Å². The highest BCUT2D eigenvalue weighted by atomic mass is 16.6. The molecule has 2 aliphatic heterocycles. The maximum atomic E-state index is 13.4. The largest absolute Gasteiger partial charge is 0.497 e. The van der Waals surface area contributed by atoms with E-state index in [0.717, 1.165) is 47.9 Å². The van der Waals surface area contributed by atoms with Crippen molar-refractivity contribution in [3.05, 3.63) is 54.2 Å². The lowest BCUT2D eigenvalue weighted by Crippen LogP contribution is -2.45. The highest BCUT2D eigenvalue weighted by Crippen LogP contribution is 2.33. The van der Waals surface area contributed by atoms with E-state index in [1.807, 2.05) is 47.4 Å². The normalized spacial score (nSPS) is 17.7. The van der Waals surface area contributed by atoms with E-state index in [1.165, 1.54) is 0 Å². The number of ether oxygens (including phenoxy) is 3. The summed E-state index contributed by atoms with van der Waals surface area (Å²) in [4.78, 5) is 15.3. The molecule has 0 radical (unpaired) electrons. The molecule has 3 heterocycles. The lowest BCUT2D eigenvalue weighted by molar-refractivity contribution is 0.0715. The Bertz CT molecular complexity index is 1110. The fourth-order valence-corrected chi connectivity index (χ4v) is 4.27. The Balaban J connectivity index is 1.30. The molecule has 1 atom stereocenters. The van der Waals surface area contributed by atoms with E-state index in [1.54, 1.807) is 13.3 Å². The smallest absolute Gasteiger partial charge is 0.257 e. The van der Waals surface area contributed by atoms with Gasteiger partial charge in [-0.05, 0) is 37.1 Å². The second kappa shape index (κ2) is 8.82. The molecule has 2 N–H and O–H groups in total. The van der Waals surface area contributed by atoms with Gasteiger partial charge in [0, 0.05) is 36.4 Å².